The Balaban J connectivity index is 1.33. The Morgan fingerprint density at radius 2 is 1.64 bits per heavy atom. The summed E-state index contributed by atoms with van der Waals surface area (Å²) in [5, 5.41) is 5.37. The van der Waals surface area contributed by atoms with E-state index < -0.39 is 0 Å². The van der Waals surface area contributed by atoms with Crippen molar-refractivity contribution in [2.75, 3.05) is 54.6 Å². The zero-order valence-corrected chi connectivity index (χ0v) is 19.4. The maximum atomic E-state index is 6.28. The number of hydrogen-bond donors (Lipinski definition) is 1. The van der Waals surface area contributed by atoms with E-state index in [-0.39, 0.29) is 0 Å². The molecule has 0 saturated carbocycles. The van der Waals surface area contributed by atoms with E-state index in [4.69, 9.17) is 37.3 Å². The fourth-order valence-corrected chi connectivity index (χ4v) is 4.28. The second-order valence-electron chi connectivity index (χ2n) is 7.75. The molecule has 3 aromatic rings. The van der Waals surface area contributed by atoms with E-state index in [9.17, 15) is 0 Å². The highest BCUT2D eigenvalue weighted by Gasteiger charge is 2.21. The van der Waals surface area contributed by atoms with Crippen molar-refractivity contribution >= 4 is 47.3 Å². The minimum atomic E-state index is 0.386. The molecule has 0 bridgehead atoms. The first-order valence-corrected chi connectivity index (χ1v) is 11.6. The van der Waals surface area contributed by atoms with Crippen molar-refractivity contribution in [2.45, 2.75) is 12.8 Å². The number of morpholine rings is 1. The van der Waals surface area contributed by atoms with Gasteiger partial charge in [-0.1, -0.05) is 23.2 Å². The molecule has 0 amide bonds. The summed E-state index contributed by atoms with van der Waals surface area (Å²) in [5.74, 6) is 2.87. The van der Waals surface area contributed by atoms with Crippen LogP contribution in [0.2, 0.25) is 10.0 Å². The van der Waals surface area contributed by atoms with Crippen LogP contribution in [0.3, 0.4) is 0 Å². The van der Waals surface area contributed by atoms with Crippen molar-refractivity contribution < 1.29 is 9.15 Å². The topological polar surface area (TPSA) is 91.9 Å². The van der Waals surface area contributed by atoms with Crippen LogP contribution in [0.1, 0.15) is 18.6 Å². The van der Waals surface area contributed by atoms with Gasteiger partial charge in [-0.2, -0.15) is 20.1 Å². The van der Waals surface area contributed by atoms with Crippen LogP contribution in [0.5, 0.6) is 0 Å². The highest BCUT2D eigenvalue weighted by Crippen LogP contribution is 2.31. The molecule has 2 fully saturated rings. The smallest absolute Gasteiger partial charge is 0.250 e. The van der Waals surface area contributed by atoms with E-state index in [0.29, 0.717) is 52.6 Å². The normalized spacial score (nSPS) is 16.7. The van der Waals surface area contributed by atoms with Gasteiger partial charge in [-0.25, -0.2) is 5.43 Å². The Hall–Kier alpha value is -2.88. The molecule has 2 aliphatic rings. The largest absolute Gasteiger partial charge is 0.455 e. The van der Waals surface area contributed by atoms with Gasteiger partial charge in [0.25, 0.3) is 0 Å². The zero-order chi connectivity index (χ0) is 22.6. The predicted molar refractivity (Wildman–Crippen MR) is 130 cm³/mol. The van der Waals surface area contributed by atoms with Crippen LogP contribution >= 0.6 is 23.2 Å². The highest BCUT2D eigenvalue weighted by molar-refractivity contribution is 6.36. The number of ether oxygens (including phenoxy) is 1. The van der Waals surface area contributed by atoms with Crippen LogP contribution in [0.25, 0.3) is 11.3 Å². The van der Waals surface area contributed by atoms with Crippen molar-refractivity contribution in [3.63, 3.8) is 0 Å². The van der Waals surface area contributed by atoms with E-state index >= 15 is 0 Å². The third-order valence-electron chi connectivity index (χ3n) is 5.47. The van der Waals surface area contributed by atoms with Gasteiger partial charge in [0, 0.05) is 36.8 Å². The van der Waals surface area contributed by atoms with Crippen molar-refractivity contribution in [1.29, 1.82) is 0 Å². The number of anilines is 3. The van der Waals surface area contributed by atoms with Crippen LogP contribution in [-0.2, 0) is 4.74 Å². The molecule has 2 aromatic heterocycles. The molecule has 0 unspecified atom stereocenters. The van der Waals surface area contributed by atoms with Gasteiger partial charge in [0.05, 0.1) is 24.5 Å². The molecule has 2 saturated heterocycles. The number of hydrogen-bond acceptors (Lipinski definition) is 9. The molecule has 5 rings (SSSR count). The summed E-state index contributed by atoms with van der Waals surface area (Å²) in [5.41, 5.74) is 3.68. The minimum Gasteiger partial charge on any atom is -0.455 e. The molecule has 4 heterocycles. The van der Waals surface area contributed by atoms with Crippen LogP contribution in [0.15, 0.2) is 39.9 Å². The summed E-state index contributed by atoms with van der Waals surface area (Å²) in [7, 11) is 0. The van der Waals surface area contributed by atoms with Gasteiger partial charge < -0.3 is 19.0 Å². The monoisotopic (exact) mass is 487 g/mol. The maximum Gasteiger partial charge on any atom is 0.250 e. The predicted octanol–water partition coefficient (Wildman–Crippen LogP) is 4.32. The standard InChI is InChI=1S/C22H23Cl2N7O2/c23-15-3-5-17(18(24)13-15)19-6-4-16(33-19)14-25-29-20-26-21(30-7-1-2-8-30)28-22(27-20)31-9-11-32-12-10-31/h3-6,13-14H,1-2,7-12H2,(H,26,27,28,29)/b25-14+. The molecule has 0 spiro atoms. The number of hydrazone groups is 1. The summed E-state index contributed by atoms with van der Waals surface area (Å²) in [4.78, 5) is 18.1. The van der Waals surface area contributed by atoms with Gasteiger partial charge in [0.2, 0.25) is 17.8 Å². The summed E-state index contributed by atoms with van der Waals surface area (Å²) in [6.45, 7) is 4.69. The maximum absolute atomic E-state index is 6.28. The van der Waals surface area contributed by atoms with Gasteiger partial charge in [0.15, 0.2) is 0 Å². The highest BCUT2D eigenvalue weighted by atomic mass is 35.5. The molecule has 0 atom stereocenters. The Kier molecular flexibility index (Phi) is 6.61. The van der Waals surface area contributed by atoms with Crippen LogP contribution in [0.4, 0.5) is 17.8 Å². The molecule has 11 heteroatoms. The Bertz CT molecular complexity index is 1140. The lowest BCUT2D eigenvalue weighted by Crippen LogP contribution is -2.38. The number of halogens is 2. The Morgan fingerprint density at radius 1 is 0.909 bits per heavy atom. The average Bonchev–Trinajstić information content (AvgIpc) is 3.52. The molecule has 9 nitrogen and oxygen atoms in total. The molecule has 2 aliphatic heterocycles. The summed E-state index contributed by atoms with van der Waals surface area (Å²) in [6, 6.07) is 8.92. The molecular weight excluding hydrogens is 465 g/mol. The van der Waals surface area contributed by atoms with Gasteiger partial charge in [0.1, 0.15) is 11.5 Å². The van der Waals surface area contributed by atoms with E-state index in [1.165, 1.54) is 0 Å². The van der Waals surface area contributed by atoms with E-state index in [1.54, 1.807) is 18.3 Å². The van der Waals surface area contributed by atoms with E-state index in [2.05, 4.69) is 30.3 Å². The second kappa shape index (κ2) is 9.94. The first-order chi connectivity index (χ1) is 16.2. The lowest BCUT2D eigenvalue weighted by molar-refractivity contribution is 0.122. The zero-order valence-electron chi connectivity index (χ0n) is 17.9. The number of rotatable bonds is 6. The third kappa shape index (κ3) is 5.21. The van der Waals surface area contributed by atoms with Crippen LogP contribution in [-0.4, -0.2) is 60.6 Å². The van der Waals surface area contributed by atoms with Gasteiger partial charge >= 0.3 is 0 Å². The fourth-order valence-electron chi connectivity index (χ4n) is 3.78. The third-order valence-corrected chi connectivity index (χ3v) is 6.02. The minimum absolute atomic E-state index is 0.386. The van der Waals surface area contributed by atoms with Gasteiger partial charge in [-0.05, 0) is 43.2 Å². The van der Waals surface area contributed by atoms with Gasteiger partial charge in [-0.15, -0.1) is 0 Å². The summed E-state index contributed by atoms with van der Waals surface area (Å²) < 4.78 is 11.3. The molecule has 1 N–H and O–H groups in total. The number of aromatic nitrogens is 3. The number of benzene rings is 1. The SMILES string of the molecule is Clc1ccc(-c2ccc(/C=N/Nc3nc(N4CCCC4)nc(N4CCOCC4)n3)o2)c(Cl)c1. The first-order valence-electron chi connectivity index (χ1n) is 10.8. The molecule has 0 radical (unpaired) electrons. The number of nitrogens with zero attached hydrogens (tertiary/aromatic N) is 6. The van der Waals surface area contributed by atoms with Crippen LogP contribution < -0.4 is 15.2 Å². The van der Waals surface area contributed by atoms with Crippen LogP contribution in [0, 0.1) is 0 Å². The fraction of sp³-hybridized carbons (Fsp3) is 0.364. The quantitative estimate of drug-likeness (QED) is 0.405. The van der Waals surface area contributed by atoms with Gasteiger partial charge in [-0.3, -0.25) is 0 Å². The Labute approximate surface area is 201 Å². The van der Waals surface area contributed by atoms with E-state index in [0.717, 1.165) is 44.6 Å². The number of nitrogens with one attached hydrogen (secondary N) is 1. The van der Waals surface area contributed by atoms with Crippen molar-refractivity contribution in [3.8, 4) is 11.3 Å². The van der Waals surface area contributed by atoms with Crippen molar-refractivity contribution in [1.82, 2.24) is 15.0 Å². The molecular formula is C22H23Cl2N7O2. The lowest BCUT2D eigenvalue weighted by atomic mass is 10.2. The molecule has 1 aromatic carbocycles. The second-order valence-corrected chi connectivity index (χ2v) is 8.59. The average molecular weight is 488 g/mol. The lowest BCUT2D eigenvalue weighted by Gasteiger charge is -2.27. The number of furan rings is 1. The van der Waals surface area contributed by atoms with Crippen molar-refractivity contribution in [2.24, 2.45) is 5.10 Å². The Morgan fingerprint density at radius 3 is 2.36 bits per heavy atom. The van der Waals surface area contributed by atoms with E-state index in [1.807, 2.05) is 18.2 Å². The van der Waals surface area contributed by atoms with Crippen molar-refractivity contribution in [3.05, 3.63) is 46.1 Å². The first kappa shape index (κ1) is 21.9. The molecule has 172 valence electrons. The molecule has 0 aliphatic carbocycles. The summed E-state index contributed by atoms with van der Waals surface area (Å²) in [6.07, 6.45) is 3.84. The molecule has 33 heavy (non-hydrogen) atoms. The summed E-state index contributed by atoms with van der Waals surface area (Å²) >= 11 is 12.3.